The molecule has 1 amide bonds. The molecule has 0 unspecified atom stereocenters. The summed E-state index contributed by atoms with van der Waals surface area (Å²) < 4.78 is 0. The summed E-state index contributed by atoms with van der Waals surface area (Å²) >= 11 is 0. The predicted octanol–water partition coefficient (Wildman–Crippen LogP) is -0.406. The van der Waals surface area contributed by atoms with Gasteiger partial charge in [-0.05, 0) is 30.7 Å². The van der Waals surface area contributed by atoms with Gasteiger partial charge in [0.1, 0.15) is 11.9 Å². The third-order valence-corrected chi connectivity index (χ3v) is 3.93. The normalized spacial score (nSPS) is 11.4. The van der Waals surface area contributed by atoms with Gasteiger partial charge in [0.05, 0.1) is 5.56 Å². The Balaban J connectivity index is 2.00. The molecule has 1 aromatic carbocycles. The molecular formula is C17H20N6O6. The first-order chi connectivity index (χ1) is 13.7. The molecule has 0 radical (unpaired) electrons. The Hall–Kier alpha value is -4.09. The highest BCUT2D eigenvalue weighted by Crippen LogP contribution is 2.13. The van der Waals surface area contributed by atoms with Gasteiger partial charge < -0.3 is 32.3 Å². The number of nitrogens with zero attached hydrogens (tertiary/aromatic N) is 1. The fourth-order valence-corrected chi connectivity index (χ4v) is 2.40. The lowest BCUT2D eigenvalue weighted by molar-refractivity contribution is -0.140. The van der Waals surface area contributed by atoms with Crippen molar-refractivity contribution in [3.05, 3.63) is 45.7 Å². The summed E-state index contributed by atoms with van der Waals surface area (Å²) in [6.45, 7) is 0.0657. The second-order valence-electron chi connectivity index (χ2n) is 6.04. The summed E-state index contributed by atoms with van der Waals surface area (Å²) in [6, 6.07) is 4.68. The smallest absolute Gasteiger partial charge is 0.326 e. The van der Waals surface area contributed by atoms with Gasteiger partial charge in [0.2, 0.25) is 5.95 Å². The summed E-state index contributed by atoms with van der Waals surface area (Å²) in [6.07, 6.45) is -0.621. The number of anilines is 3. The highest BCUT2D eigenvalue weighted by molar-refractivity contribution is 5.96. The number of carboxylic acids is 2. The molecule has 0 aliphatic rings. The van der Waals surface area contributed by atoms with E-state index in [-0.39, 0.29) is 42.3 Å². The van der Waals surface area contributed by atoms with E-state index in [2.05, 4.69) is 20.6 Å². The van der Waals surface area contributed by atoms with Gasteiger partial charge in [-0.3, -0.25) is 19.4 Å². The molecule has 1 atom stereocenters. The maximum atomic E-state index is 12.2. The van der Waals surface area contributed by atoms with Crippen molar-refractivity contribution in [2.45, 2.75) is 25.4 Å². The monoisotopic (exact) mass is 404 g/mol. The number of hydrogen-bond acceptors (Lipinski definition) is 8. The van der Waals surface area contributed by atoms with E-state index in [0.717, 1.165) is 0 Å². The molecular weight excluding hydrogens is 384 g/mol. The Morgan fingerprint density at radius 3 is 2.34 bits per heavy atom. The summed E-state index contributed by atoms with van der Waals surface area (Å²) in [7, 11) is 0. The van der Waals surface area contributed by atoms with Crippen LogP contribution in [0.25, 0.3) is 0 Å². The van der Waals surface area contributed by atoms with Crippen molar-refractivity contribution in [3.63, 3.8) is 0 Å². The molecule has 0 aliphatic carbocycles. The van der Waals surface area contributed by atoms with E-state index in [1.807, 2.05) is 0 Å². The minimum absolute atomic E-state index is 0.00387. The van der Waals surface area contributed by atoms with Gasteiger partial charge in [0, 0.05) is 24.2 Å². The number of nitrogens with one attached hydrogen (secondary N) is 3. The van der Waals surface area contributed by atoms with Crippen LogP contribution < -0.4 is 27.7 Å². The maximum absolute atomic E-state index is 12.2. The van der Waals surface area contributed by atoms with Crippen molar-refractivity contribution in [3.8, 4) is 0 Å². The SMILES string of the molecule is Nc1nc(N)c(CNc2ccc(C(=O)N[C@@H](CCC(=O)O)C(=O)O)cc2)c(=O)[nH]1. The minimum Gasteiger partial charge on any atom is -0.481 e. The third kappa shape index (κ3) is 5.95. The molecule has 29 heavy (non-hydrogen) atoms. The number of hydrogen-bond donors (Lipinski definition) is 7. The quantitative estimate of drug-likeness (QED) is 0.287. The lowest BCUT2D eigenvalue weighted by atomic mass is 10.1. The molecule has 2 rings (SSSR count). The molecule has 1 aromatic heterocycles. The van der Waals surface area contributed by atoms with Crippen LogP contribution >= 0.6 is 0 Å². The lowest BCUT2D eigenvalue weighted by Gasteiger charge is -2.14. The number of carboxylic acid groups (broad SMARTS) is 2. The Morgan fingerprint density at radius 1 is 1.14 bits per heavy atom. The van der Waals surface area contributed by atoms with Crippen LogP contribution in [0.4, 0.5) is 17.5 Å². The van der Waals surface area contributed by atoms with Gasteiger partial charge >= 0.3 is 11.9 Å². The molecule has 12 nitrogen and oxygen atoms in total. The number of amides is 1. The van der Waals surface area contributed by atoms with Crippen LogP contribution in [0.2, 0.25) is 0 Å². The number of aromatic amines is 1. The number of carbonyl (C=O) groups excluding carboxylic acids is 1. The summed E-state index contributed by atoms with van der Waals surface area (Å²) in [4.78, 5) is 51.9. The molecule has 0 spiro atoms. The van der Waals surface area contributed by atoms with E-state index in [0.29, 0.717) is 5.69 Å². The number of nitrogens with two attached hydrogens (primary N) is 2. The first kappa shape index (κ1) is 21.2. The number of rotatable bonds is 9. The van der Waals surface area contributed by atoms with Gasteiger partial charge in [0.25, 0.3) is 11.5 Å². The third-order valence-electron chi connectivity index (χ3n) is 3.93. The Kier molecular flexibility index (Phi) is 6.74. The van der Waals surface area contributed by atoms with E-state index in [4.69, 9.17) is 21.7 Å². The van der Waals surface area contributed by atoms with Gasteiger partial charge in [-0.15, -0.1) is 0 Å². The van der Waals surface area contributed by atoms with E-state index >= 15 is 0 Å². The molecule has 2 aromatic rings. The fourth-order valence-electron chi connectivity index (χ4n) is 2.40. The van der Waals surface area contributed by atoms with Gasteiger partial charge in [-0.1, -0.05) is 0 Å². The largest absolute Gasteiger partial charge is 0.481 e. The molecule has 12 heteroatoms. The topological polar surface area (TPSA) is 214 Å². The zero-order valence-electron chi connectivity index (χ0n) is 15.1. The van der Waals surface area contributed by atoms with E-state index in [9.17, 15) is 19.2 Å². The molecule has 0 saturated carbocycles. The second kappa shape index (κ2) is 9.21. The van der Waals surface area contributed by atoms with Crippen molar-refractivity contribution in [1.82, 2.24) is 15.3 Å². The number of benzene rings is 1. The standard InChI is InChI=1S/C17H20N6O6/c18-13-10(15(27)23-17(19)22-13)7-20-9-3-1-8(2-4-9)14(26)21-11(16(28)29)5-6-12(24)25/h1-4,11,20H,5-7H2,(H,21,26)(H,24,25)(H,28,29)(H5,18,19,22,23,27)/t11-/m0/s1. The van der Waals surface area contributed by atoms with Crippen molar-refractivity contribution in [2.24, 2.45) is 0 Å². The highest BCUT2D eigenvalue weighted by atomic mass is 16.4. The molecule has 0 aliphatic heterocycles. The lowest BCUT2D eigenvalue weighted by Crippen LogP contribution is -2.41. The van der Waals surface area contributed by atoms with Crippen LogP contribution in [-0.4, -0.2) is 44.1 Å². The number of nitrogen functional groups attached to an aromatic ring is 2. The van der Waals surface area contributed by atoms with E-state index in [1.54, 1.807) is 12.1 Å². The van der Waals surface area contributed by atoms with Crippen molar-refractivity contribution in [2.75, 3.05) is 16.8 Å². The first-order valence-electron chi connectivity index (χ1n) is 8.41. The second-order valence-corrected chi connectivity index (χ2v) is 6.04. The molecule has 154 valence electrons. The van der Waals surface area contributed by atoms with Crippen molar-refractivity contribution in [1.29, 1.82) is 0 Å². The van der Waals surface area contributed by atoms with Crippen LogP contribution in [0.5, 0.6) is 0 Å². The first-order valence-corrected chi connectivity index (χ1v) is 8.41. The maximum Gasteiger partial charge on any atom is 0.326 e. The summed E-state index contributed by atoms with van der Waals surface area (Å²) in [5, 5.41) is 23.0. The number of carbonyl (C=O) groups is 3. The number of H-pyrrole nitrogens is 1. The predicted molar refractivity (Wildman–Crippen MR) is 103 cm³/mol. The molecule has 0 saturated heterocycles. The van der Waals surface area contributed by atoms with Crippen molar-refractivity contribution >= 4 is 35.3 Å². The Bertz CT molecular complexity index is 971. The van der Waals surface area contributed by atoms with Crippen LogP contribution in [-0.2, 0) is 16.1 Å². The van der Waals surface area contributed by atoms with Crippen LogP contribution in [0.1, 0.15) is 28.8 Å². The number of aromatic nitrogens is 2. The van der Waals surface area contributed by atoms with Gasteiger partial charge in [0.15, 0.2) is 0 Å². The average molecular weight is 404 g/mol. The fraction of sp³-hybridized carbons (Fsp3) is 0.235. The van der Waals surface area contributed by atoms with Crippen LogP contribution in [0.15, 0.2) is 29.1 Å². The van der Waals surface area contributed by atoms with Gasteiger partial charge in [-0.25, -0.2) is 4.79 Å². The summed E-state index contributed by atoms with van der Waals surface area (Å²) in [5.41, 5.74) is 11.5. The van der Waals surface area contributed by atoms with Crippen molar-refractivity contribution < 1.29 is 24.6 Å². The molecule has 0 bridgehead atoms. The molecule has 0 fully saturated rings. The highest BCUT2D eigenvalue weighted by Gasteiger charge is 2.21. The zero-order valence-corrected chi connectivity index (χ0v) is 15.1. The molecule has 9 N–H and O–H groups in total. The van der Waals surface area contributed by atoms with Crippen LogP contribution in [0.3, 0.4) is 0 Å². The molecule has 1 heterocycles. The summed E-state index contributed by atoms with van der Waals surface area (Å²) in [5.74, 6) is -3.22. The Labute approximate surface area is 163 Å². The number of aliphatic carboxylic acids is 2. The Morgan fingerprint density at radius 2 is 1.79 bits per heavy atom. The average Bonchev–Trinajstić information content (AvgIpc) is 2.64. The van der Waals surface area contributed by atoms with Crippen LogP contribution in [0, 0.1) is 0 Å². The van der Waals surface area contributed by atoms with E-state index < -0.39 is 29.4 Å². The minimum atomic E-state index is -1.32. The van der Waals surface area contributed by atoms with E-state index in [1.165, 1.54) is 12.1 Å². The van der Waals surface area contributed by atoms with Gasteiger partial charge in [-0.2, -0.15) is 4.98 Å². The zero-order chi connectivity index (χ0) is 21.6.